The maximum absolute atomic E-state index is 9.81. The molecule has 0 aliphatic carbocycles. The molecule has 0 saturated heterocycles. The molecule has 0 atom stereocenters. The fourth-order valence-corrected chi connectivity index (χ4v) is 3.03. The number of anilines is 1. The third-order valence-electron chi connectivity index (χ3n) is 4.34. The Morgan fingerprint density at radius 1 is 1.00 bits per heavy atom. The van der Waals surface area contributed by atoms with Gasteiger partial charge in [0.25, 0.3) is 0 Å². The van der Waals surface area contributed by atoms with Crippen molar-refractivity contribution in [1.82, 2.24) is 4.98 Å². The van der Waals surface area contributed by atoms with Crippen LogP contribution < -0.4 is 10.1 Å². The highest BCUT2D eigenvalue weighted by atomic mass is 35.5. The molecule has 0 aliphatic rings. The normalized spacial score (nSPS) is 10.4. The Balaban J connectivity index is 2.01. The molecule has 6 heteroatoms. The van der Waals surface area contributed by atoms with Crippen molar-refractivity contribution in [2.45, 2.75) is 6.92 Å². The number of benzene rings is 2. The Bertz CT molecular complexity index is 1140. The van der Waals surface area contributed by atoms with E-state index < -0.39 is 0 Å². The average Bonchev–Trinajstić information content (AvgIpc) is 2.74. The largest absolute Gasteiger partial charge is 0.497 e. The highest BCUT2D eigenvalue weighted by Crippen LogP contribution is 2.32. The lowest BCUT2D eigenvalue weighted by Gasteiger charge is -2.12. The number of halogens is 1. The highest BCUT2D eigenvalue weighted by Gasteiger charge is 2.18. The molecule has 0 fully saturated rings. The van der Waals surface area contributed by atoms with Crippen molar-refractivity contribution in [3.8, 4) is 29.0 Å². The molecule has 0 unspecified atom stereocenters. The van der Waals surface area contributed by atoms with E-state index in [1.807, 2.05) is 24.3 Å². The van der Waals surface area contributed by atoms with Crippen molar-refractivity contribution < 1.29 is 4.74 Å². The second-order valence-electron chi connectivity index (χ2n) is 6.14. The van der Waals surface area contributed by atoms with Crippen molar-refractivity contribution in [1.29, 1.82) is 10.5 Å². The molecule has 0 spiro atoms. The summed E-state index contributed by atoms with van der Waals surface area (Å²) < 4.78 is 5.14. The van der Waals surface area contributed by atoms with E-state index in [0.29, 0.717) is 33.1 Å². The van der Waals surface area contributed by atoms with Crippen molar-refractivity contribution in [2.24, 2.45) is 0 Å². The van der Waals surface area contributed by atoms with Gasteiger partial charge in [-0.1, -0.05) is 23.7 Å². The Hall–Kier alpha value is -3.80. The molecule has 0 amide bonds. The van der Waals surface area contributed by atoms with Crippen molar-refractivity contribution in [2.75, 3.05) is 12.4 Å². The van der Waals surface area contributed by atoms with Gasteiger partial charge < -0.3 is 10.1 Å². The molecule has 3 aromatic rings. The minimum absolute atomic E-state index is 0.335. The van der Waals surface area contributed by atoms with E-state index in [4.69, 9.17) is 16.3 Å². The second kappa shape index (κ2) is 8.93. The van der Waals surface area contributed by atoms with Crippen LogP contribution in [-0.2, 0) is 0 Å². The van der Waals surface area contributed by atoms with Gasteiger partial charge >= 0.3 is 0 Å². The standard InChI is InChI=1S/C23H17ClN4O/c1-15-20(13-25)23(16-3-5-17(24)6-4-16)21(14-26)22(28-15)11-12-27-18-7-9-19(29-2)10-8-18/h3-12,27H,1-2H3. The SMILES string of the molecule is COc1ccc(NC=Cc2nc(C)c(C#N)c(-c3ccc(Cl)cc3)c2C#N)cc1. The summed E-state index contributed by atoms with van der Waals surface area (Å²) in [4.78, 5) is 4.46. The van der Waals surface area contributed by atoms with Crippen molar-refractivity contribution >= 4 is 23.4 Å². The van der Waals surface area contributed by atoms with Gasteiger partial charge in [-0.25, -0.2) is 0 Å². The molecule has 1 N–H and O–H groups in total. The van der Waals surface area contributed by atoms with Gasteiger partial charge in [-0.15, -0.1) is 0 Å². The predicted molar refractivity (Wildman–Crippen MR) is 115 cm³/mol. The fraction of sp³-hybridized carbons (Fsp3) is 0.0870. The Morgan fingerprint density at radius 3 is 2.24 bits per heavy atom. The monoisotopic (exact) mass is 400 g/mol. The number of aromatic nitrogens is 1. The lowest BCUT2D eigenvalue weighted by molar-refractivity contribution is 0.415. The third kappa shape index (κ3) is 4.38. The molecule has 0 bridgehead atoms. The van der Waals surface area contributed by atoms with Crippen LogP contribution in [0, 0.1) is 29.6 Å². The molecule has 5 nitrogen and oxygen atoms in total. The molecule has 0 aliphatic heterocycles. The first kappa shape index (κ1) is 19.9. The van der Waals surface area contributed by atoms with Crippen LogP contribution in [0.3, 0.4) is 0 Å². The van der Waals surface area contributed by atoms with Gasteiger partial charge in [0.05, 0.1) is 29.6 Å². The van der Waals surface area contributed by atoms with Gasteiger partial charge in [-0.3, -0.25) is 4.98 Å². The Kier molecular flexibility index (Phi) is 6.14. The average molecular weight is 401 g/mol. The molecule has 142 valence electrons. The van der Waals surface area contributed by atoms with E-state index in [1.165, 1.54) is 0 Å². The molecule has 1 aromatic heterocycles. The van der Waals surface area contributed by atoms with Crippen molar-refractivity contribution in [3.05, 3.63) is 82.3 Å². The lowest BCUT2D eigenvalue weighted by Crippen LogP contribution is -2.01. The third-order valence-corrected chi connectivity index (χ3v) is 4.60. The second-order valence-corrected chi connectivity index (χ2v) is 6.58. The number of pyridine rings is 1. The summed E-state index contributed by atoms with van der Waals surface area (Å²) in [7, 11) is 1.61. The predicted octanol–water partition coefficient (Wildman–Crippen LogP) is 5.55. The number of aryl methyl sites for hydroxylation is 1. The van der Waals surface area contributed by atoms with Gasteiger partial charge in [0.1, 0.15) is 17.9 Å². The van der Waals surface area contributed by atoms with Crippen LogP contribution in [-0.4, -0.2) is 12.1 Å². The summed E-state index contributed by atoms with van der Waals surface area (Å²) in [5, 5.41) is 23.2. The van der Waals surface area contributed by atoms with Crippen LogP contribution >= 0.6 is 11.6 Å². The van der Waals surface area contributed by atoms with E-state index in [1.54, 1.807) is 50.6 Å². The first-order valence-corrected chi connectivity index (χ1v) is 9.13. The smallest absolute Gasteiger partial charge is 0.119 e. The van der Waals surface area contributed by atoms with E-state index in [-0.39, 0.29) is 0 Å². The fourth-order valence-electron chi connectivity index (χ4n) is 2.91. The van der Waals surface area contributed by atoms with Crippen LogP contribution in [0.15, 0.2) is 54.7 Å². The maximum atomic E-state index is 9.81. The summed E-state index contributed by atoms with van der Waals surface area (Å²) >= 11 is 5.99. The quantitative estimate of drug-likeness (QED) is 0.607. The number of hydrogen-bond acceptors (Lipinski definition) is 5. The van der Waals surface area contributed by atoms with Gasteiger partial charge in [0.15, 0.2) is 0 Å². The summed E-state index contributed by atoms with van der Waals surface area (Å²) in [6.07, 6.45) is 3.43. The molecule has 29 heavy (non-hydrogen) atoms. The van der Waals surface area contributed by atoms with Gasteiger partial charge in [0.2, 0.25) is 0 Å². The maximum Gasteiger partial charge on any atom is 0.119 e. The molecule has 0 radical (unpaired) electrons. The van der Waals surface area contributed by atoms with Crippen LogP contribution in [0.5, 0.6) is 5.75 Å². The van der Waals surface area contributed by atoms with Crippen molar-refractivity contribution in [3.63, 3.8) is 0 Å². The number of ether oxygens (including phenoxy) is 1. The number of methoxy groups -OCH3 is 1. The molecular formula is C23H17ClN4O. The molecule has 3 rings (SSSR count). The van der Waals surface area contributed by atoms with Crippen LogP contribution in [0.2, 0.25) is 5.02 Å². The molecular weight excluding hydrogens is 384 g/mol. The lowest BCUT2D eigenvalue weighted by atomic mass is 9.93. The van der Waals surface area contributed by atoms with E-state index in [9.17, 15) is 10.5 Å². The number of nitrogens with zero attached hydrogens (tertiary/aromatic N) is 3. The van der Waals surface area contributed by atoms with Crippen LogP contribution in [0.25, 0.3) is 17.2 Å². The minimum atomic E-state index is 0.335. The number of rotatable bonds is 5. The first-order valence-electron chi connectivity index (χ1n) is 8.75. The van der Waals surface area contributed by atoms with E-state index in [2.05, 4.69) is 22.4 Å². The number of nitriles is 2. The molecule has 0 saturated carbocycles. The summed E-state index contributed by atoms with van der Waals surface area (Å²) in [6.45, 7) is 1.76. The molecule has 2 aromatic carbocycles. The minimum Gasteiger partial charge on any atom is -0.497 e. The van der Waals surface area contributed by atoms with E-state index in [0.717, 1.165) is 17.0 Å². The van der Waals surface area contributed by atoms with E-state index >= 15 is 0 Å². The zero-order valence-corrected chi connectivity index (χ0v) is 16.7. The summed E-state index contributed by atoms with van der Waals surface area (Å²) in [5.41, 5.74) is 3.92. The molecule has 1 heterocycles. The van der Waals surface area contributed by atoms with Crippen LogP contribution in [0.4, 0.5) is 5.69 Å². The number of hydrogen-bond donors (Lipinski definition) is 1. The summed E-state index contributed by atoms with van der Waals surface area (Å²) in [5.74, 6) is 0.767. The Morgan fingerprint density at radius 2 is 1.66 bits per heavy atom. The van der Waals surface area contributed by atoms with Gasteiger partial charge in [0, 0.05) is 22.5 Å². The number of nitrogens with one attached hydrogen (secondary N) is 1. The zero-order chi connectivity index (χ0) is 20.8. The van der Waals surface area contributed by atoms with Gasteiger partial charge in [-0.2, -0.15) is 10.5 Å². The summed E-state index contributed by atoms with van der Waals surface area (Å²) in [6, 6.07) is 18.9. The topological polar surface area (TPSA) is 81.7 Å². The Labute approximate surface area is 174 Å². The highest BCUT2D eigenvalue weighted by molar-refractivity contribution is 6.30. The van der Waals surface area contributed by atoms with Crippen LogP contribution in [0.1, 0.15) is 22.5 Å². The zero-order valence-electron chi connectivity index (χ0n) is 15.9. The first-order chi connectivity index (χ1) is 14.1. The van der Waals surface area contributed by atoms with Gasteiger partial charge in [-0.05, 0) is 55.0 Å².